The molecule has 0 bridgehead atoms. The summed E-state index contributed by atoms with van der Waals surface area (Å²) in [6, 6.07) is 1.60. The van der Waals surface area contributed by atoms with Crippen LogP contribution in [-0.2, 0) is 10.0 Å². The molecule has 1 aliphatic rings. The van der Waals surface area contributed by atoms with Crippen LogP contribution in [0.1, 0.15) is 19.3 Å². The van der Waals surface area contributed by atoms with Gasteiger partial charge in [0, 0.05) is 12.6 Å². The number of benzene rings is 1. The molecule has 0 aliphatic carbocycles. The minimum atomic E-state index is -3.90. The summed E-state index contributed by atoms with van der Waals surface area (Å²) in [5.41, 5.74) is 5.55. The Morgan fingerprint density at radius 3 is 2.76 bits per heavy atom. The molecule has 0 aromatic heterocycles. The lowest BCUT2D eigenvalue weighted by Crippen LogP contribution is -2.45. The van der Waals surface area contributed by atoms with E-state index in [1.807, 2.05) is 0 Å². The monoisotopic (exact) mass is 318 g/mol. The number of methoxy groups -OCH3 is 1. The molecule has 1 heterocycles. The highest BCUT2D eigenvalue weighted by molar-refractivity contribution is 7.89. The molecule has 1 unspecified atom stereocenters. The minimum Gasteiger partial charge on any atom is -0.492 e. The lowest BCUT2D eigenvalue weighted by molar-refractivity contribution is 0.155. The minimum absolute atomic E-state index is 0.0753. The van der Waals surface area contributed by atoms with E-state index in [1.54, 1.807) is 0 Å². The van der Waals surface area contributed by atoms with Crippen LogP contribution in [0.25, 0.3) is 0 Å². The first-order valence-electron chi connectivity index (χ1n) is 6.67. The van der Waals surface area contributed by atoms with E-state index in [9.17, 15) is 17.9 Å². The Labute approximate surface area is 123 Å². The fraction of sp³-hybridized carbons (Fsp3) is 0.538. The van der Waals surface area contributed by atoms with Crippen molar-refractivity contribution in [2.75, 3.05) is 26.0 Å². The molecule has 2 rings (SSSR count). The number of piperidine rings is 1. The first-order valence-corrected chi connectivity index (χ1v) is 8.11. The van der Waals surface area contributed by atoms with Gasteiger partial charge in [-0.1, -0.05) is 6.42 Å². The standard InChI is InChI=1S/C13H19FN2O4S/c1-20-13-11(14)6-10(7-12(13)15)21(18,19)16-5-3-2-4-9(16)8-17/h6-7,9,17H,2-5,8,15H2,1H3. The summed E-state index contributed by atoms with van der Waals surface area (Å²) in [6.07, 6.45) is 2.16. The number of nitrogens with two attached hydrogens (primary N) is 1. The topological polar surface area (TPSA) is 92.9 Å². The van der Waals surface area contributed by atoms with E-state index in [4.69, 9.17) is 10.5 Å². The van der Waals surface area contributed by atoms with Crippen molar-refractivity contribution < 1.29 is 22.7 Å². The molecule has 118 valence electrons. The number of halogens is 1. The molecule has 1 aromatic rings. The normalized spacial score (nSPS) is 20.4. The zero-order valence-corrected chi connectivity index (χ0v) is 12.6. The van der Waals surface area contributed by atoms with Crippen LogP contribution in [0.15, 0.2) is 17.0 Å². The fourth-order valence-electron chi connectivity index (χ4n) is 2.56. The summed E-state index contributed by atoms with van der Waals surface area (Å²) in [5, 5.41) is 9.34. The number of sulfonamides is 1. The van der Waals surface area contributed by atoms with Crippen LogP contribution in [0.3, 0.4) is 0 Å². The van der Waals surface area contributed by atoms with Gasteiger partial charge in [0.2, 0.25) is 10.0 Å². The van der Waals surface area contributed by atoms with Gasteiger partial charge in [0.15, 0.2) is 11.6 Å². The highest BCUT2D eigenvalue weighted by Gasteiger charge is 2.34. The maximum absolute atomic E-state index is 13.9. The van der Waals surface area contributed by atoms with Crippen molar-refractivity contribution >= 4 is 15.7 Å². The number of hydrogen-bond donors (Lipinski definition) is 2. The van der Waals surface area contributed by atoms with Gasteiger partial charge >= 0.3 is 0 Å². The molecule has 0 spiro atoms. The van der Waals surface area contributed by atoms with Crippen molar-refractivity contribution in [1.29, 1.82) is 0 Å². The highest BCUT2D eigenvalue weighted by atomic mass is 32.2. The zero-order chi connectivity index (χ0) is 15.6. The summed E-state index contributed by atoms with van der Waals surface area (Å²) < 4.78 is 45.1. The lowest BCUT2D eigenvalue weighted by atomic mass is 10.1. The van der Waals surface area contributed by atoms with Crippen LogP contribution in [-0.4, -0.2) is 44.1 Å². The number of aliphatic hydroxyl groups is 1. The second-order valence-corrected chi connectivity index (χ2v) is 6.87. The van der Waals surface area contributed by atoms with E-state index in [0.29, 0.717) is 19.4 Å². The summed E-state index contributed by atoms with van der Waals surface area (Å²) in [4.78, 5) is -0.223. The van der Waals surface area contributed by atoms with Gasteiger partial charge in [0.1, 0.15) is 0 Å². The van der Waals surface area contributed by atoms with Crippen molar-refractivity contribution in [3.8, 4) is 5.75 Å². The number of nitrogens with zero attached hydrogens (tertiary/aromatic N) is 1. The Morgan fingerprint density at radius 1 is 1.48 bits per heavy atom. The Bertz CT molecular complexity index is 598. The number of anilines is 1. The summed E-state index contributed by atoms with van der Waals surface area (Å²) in [5.74, 6) is -1.00. The molecule has 21 heavy (non-hydrogen) atoms. The highest BCUT2D eigenvalue weighted by Crippen LogP contribution is 2.32. The summed E-state index contributed by atoms with van der Waals surface area (Å²) in [7, 11) is -2.64. The first kappa shape index (κ1) is 16.0. The molecule has 1 aliphatic heterocycles. The SMILES string of the molecule is COc1c(N)cc(S(=O)(=O)N2CCCCC2CO)cc1F. The van der Waals surface area contributed by atoms with E-state index in [2.05, 4.69) is 0 Å². The van der Waals surface area contributed by atoms with Gasteiger partial charge in [-0.15, -0.1) is 0 Å². The molecule has 6 nitrogen and oxygen atoms in total. The van der Waals surface area contributed by atoms with Crippen LogP contribution in [0.2, 0.25) is 0 Å². The molecular formula is C13H19FN2O4S. The molecule has 0 radical (unpaired) electrons. The number of hydrogen-bond acceptors (Lipinski definition) is 5. The zero-order valence-electron chi connectivity index (χ0n) is 11.8. The third-order valence-electron chi connectivity index (χ3n) is 3.64. The molecule has 0 saturated carbocycles. The van der Waals surface area contributed by atoms with Gasteiger partial charge in [0.05, 0.1) is 24.3 Å². The van der Waals surface area contributed by atoms with Crippen LogP contribution < -0.4 is 10.5 Å². The Balaban J connectivity index is 2.44. The Kier molecular flexibility index (Phi) is 4.70. The van der Waals surface area contributed by atoms with Gasteiger partial charge in [-0.3, -0.25) is 0 Å². The molecule has 1 aromatic carbocycles. The molecular weight excluding hydrogens is 299 g/mol. The van der Waals surface area contributed by atoms with E-state index < -0.39 is 21.9 Å². The summed E-state index contributed by atoms with van der Waals surface area (Å²) >= 11 is 0. The summed E-state index contributed by atoms with van der Waals surface area (Å²) in [6.45, 7) is 0.0501. The smallest absolute Gasteiger partial charge is 0.243 e. The van der Waals surface area contributed by atoms with Gasteiger partial charge in [0.25, 0.3) is 0 Å². The van der Waals surface area contributed by atoms with Crippen LogP contribution in [0, 0.1) is 5.82 Å². The van der Waals surface area contributed by atoms with Crippen molar-refractivity contribution in [3.63, 3.8) is 0 Å². The molecule has 1 atom stereocenters. The molecule has 1 saturated heterocycles. The number of aliphatic hydroxyl groups excluding tert-OH is 1. The number of ether oxygens (including phenoxy) is 1. The van der Waals surface area contributed by atoms with Gasteiger partial charge in [-0.05, 0) is 25.0 Å². The molecule has 1 fully saturated rings. The van der Waals surface area contributed by atoms with E-state index in [1.165, 1.54) is 17.5 Å². The van der Waals surface area contributed by atoms with Crippen molar-refractivity contribution in [1.82, 2.24) is 4.31 Å². The molecule has 8 heteroatoms. The predicted molar refractivity (Wildman–Crippen MR) is 76.0 cm³/mol. The average Bonchev–Trinajstić information content (AvgIpc) is 2.46. The van der Waals surface area contributed by atoms with Crippen LogP contribution in [0.5, 0.6) is 5.75 Å². The second-order valence-electron chi connectivity index (χ2n) is 4.98. The van der Waals surface area contributed by atoms with E-state index in [0.717, 1.165) is 12.5 Å². The quantitative estimate of drug-likeness (QED) is 0.806. The Morgan fingerprint density at radius 2 is 2.19 bits per heavy atom. The van der Waals surface area contributed by atoms with Crippen molar-refractivity contribution in [2.24, 2.45) is 0 Å². The third kappa shape index (κ3) is 2.97. The van der Waals surface area contributed by atoms with E-state index >= 15 is 0 Å². The van der Waals surface area contributed by atoms with Crippen molar-refractivity contribution in [2.45, 2.75) is 30.2 Å². The van der Waals surface area contributed by atoms with Gasteiger partial charge < -0.3 is 15.6 Å². The Hall–Kier alpha value is -1.38. The van der Waals surface area contributed by atoms with Crippen LogP contribution in [0.4, 0.5) is 10.1 Å². The maximum atomic E-state index is 13.9. The number of rotatable bonds is 4. The fourth-order valence-corrected chi connectivity index (χ4v) is 4.29. The molecule has 0 amide bonds. The third-order valence-corrected chi connectivity index (χ3v) is 5.57. The van der Waals surface area contributed by atoms with Gasteiger partial charge in [-0.2, -0.15) is 4.31 Å². The maximum Gasteiger partial charge on any atom is 0.243 e. The van der Waals surface area contributed by atoms with Gasteiger partial charge in [-0.25, -0.2) is 12.8 Å². The first-order chi connectivity index (χ1) is 9.91. The van der Waals surface area contributed by atoms with Crippen LogP contribution >= 0.6 is 0 Å². The average molecular weight is 318 g/mol. The second kappa shape index (κ2) is 6.17. The number of nitrogen functional groups attached to an aromatic ring is 1. The molecule has 3 N–H and O–H groups in total. The lowest BCUT2D eigenvalue weighted by Gasteiger charge is -2.33. The largest absolute Gasteiger partial charge is 0.492 e. The van der Waals surface area contributed by atoms with E-state index in [-0.39, 0.29) is 22.9 Å². The van der Waals surface area contributed by atoms with Crippen molar-refractivity contribution in [3.05, 3.63) is 17.9 Å². The predicted octanol–water partition coefficient (Wildman–Crippen LogP) is 0.952.